The van der Waals surface area contributed by atoms with E-state index in [0.29, 0.717) is 0 Å². The fourth-order valence-corrected chi connectivity index (χ4v) is 0.594. The molecule has 0 N–H and O–H groups in total. The summed E-state index contributed by atoms with van der Waals surface area (Å²) in [6.07, 6.45) is -2.51. The van der Waals surface area contributed by atoms with Gasteiger partial charge in [0.2, 0.25) is 5.88 Å². The largest absolute Gasteiger partial charge is 0.464 e. The number of hydrogen-bond donors (Lipinski definition) is 0. The highest BCUT2D eigenvalue weighted by molar-refractivity contribution is 5.02. The lowest BCUT2D eigenvalue weighted by molar-refractivity contribution is -0.190. The summed E-state index contributed by atoms with van der Waals surface area (Å²) in [6.45, 7) is 0.911. The first-order valence-corrected chi connectivity index (χ1v) is 3.49. The van der Waals surface area contributed by atoms with Crippen molar-refractivity contribution in [2.45, 2.75) is 19.2 Å². The Morgan fingerprint density at radius 2 is 2.08 bits per heavy atom. The molecule has 1 aromatic rings. The average molecular weight is 192 g/mol. The lowest BCUT2D eigenvalue weighted by atomic mass is 10.4. The molecule has 0 aliphatic carbocycles. The van der Waals surface area contributed by atoms with Crippen molar-refractivity contribution in [3.63, 3.8) is 0 Å². The Labute approximate surface area is 72.6 Å². The minimum absolute atomic E-state index is 0.132. The maximum absolute atomic E-state index is 12.0. The molecule has 0 aliphatic rings. The van der Waals surface area contributed by atoms with E-state index in [0.717, 1.165) is 13.1 Å². The first kappa shape index (κ1) is 9.76. The van der Waals surface area contributed by atoms with Crippen molar-refractivity contribution in [2.24, 2.45) is 0 Å². The summed E-state index contributed by atoms with van der Waals surface area (Å²) < 4.78 is 40.4. The molecule has 1 unspecified atom stereocenters. The highest BCUT2D eigenvalue weighted by atomic mass is 19.4. The summed E-state index contributed by atoms with van der Waals surface area (Å²) >= 11 is 0. The number of rotatable bonds is 2. The van der Waals surface area contributed by atoms with Crippen LogP contribution in [0.2, 0.25) is 0 Å². The standard InChI is InChI=1S/C7H7F3N2O/c1-5(7(8,9)10)13-6-4-11-2-3-12-6/h2-5H,1H3. The van der Waals surface area contributed by atoms with Gasteiger partial charge < -0.3 is 4.74 Å². The molecule has 1 atom stereocenters. The van der Waals surface area contributed by atoms with Crippen molar-refractivity contribution in [3.8, 4) is 5.88 Å². The molecular weight excluding hydrogens is 185 g/mol. The second kappa shape index (κ2) is 3.59. The van der Waals surface area contributed by atoms with Crippen molar-refractivity contribution in [3.05, 3.63) is 18.6 Å². The Kier molecular flexibility index (Phi) is 2.69. The Morgan fingerprint density at radius 3 is 2.54 bits per heavy atom. The van der Waals surface area contributed by atoms with Crippen LogP contribution in [-0.2, 0) is 0 Å². The first-order chi connectivity index (χ1) is 6.00. The highest BCUT2D eigenvalue weighted by Gasteiger charge is 2.38. The van der Waals surface area contributed by atoms with Crippen LogP contribution in [0, 0.1) is 0 Å². The van der Waals surface area contributed by atoms with E-state index in [1.807, 2.05) is 0 Å². The van der Waals surface area contributed by atoms with Gasteiger partial charge in [0.1, 0.15) is 0 Å². The zero-order valence-electron chi connectivity index (χ0n) is 6.75. The van der Waals surface area contributed by atoms with Gasteiger partial charge in [-0.25, -0.2) is 4.98 Å². The number of ether oxygens (including phenoxy) is 1. The SMILES string of the molecule is CC(Oc1cnccn1)C(F)(F)F. The second-order valence-corrected chi connectivity index (χ2v) is 2.35. The topological polar surface area (TPSA) is 35.0 Å². The van der Waals surface area contributed by atoms with E-state index in [-0.39, 0.29) is 5.88 Å². The fraction of sp³-hybridized carbons (Fsp3) is 0.429. The fourth-order valence-electron chi connectivity index (χ4n) is 0.594. The molecule has 0 aromatic carbocycles. The van der Waals surface area contributed by atoms with Gasteiger partial charge in [0.15, 0.2) is 6.10 Å². The monoisotopic (exact) mass is 192 g/mol. The molecule has 0 bridgehead atoms. The van der Waals surface area contributed by atoms with Crippen LogP contribution in [0.1, 0.15) is 6.92 Å². The molecule has 6 heteroatoms. The third-order valence-electron chi connectivity index (χ3n) is 1.30. The van der Waals surface area contributed by atoms with Gasteiger partial charge in [0.05, 0.1) is 6.20 Å². The van der Waals surface area contributed by atoms with E-state index in [9.17, 15) is 13.2 Å². The average Bonchev–Trinajstić information content (AvgIpc) is 2.04. The van der Waals surface area contributed by atoms with E-state index in [2.05, 4.69) is 14.7 Å². The van der Waals surface area contributed by atoms with E-state index in [1.54, 1.807) is 0 Å². The molecule has 1 heterocycles. The van der Waals surface area contributed by atoms with Crippen LogP contribution in [-0.4, -0.2) is 22.2 Å². The Morgan fingerprint density at radius 1 is 1.38 bits per heavy atom. The summed E-state index contributed by atoms with van der Waals surface area (Å²) in [5.74, 6) is -0.132. The summed E-state index contributed by atoms with van der Waals surface area (Å²) in [4.78, 5) is 7.11. The predicted octanol–water partition coefficient (Wildman–Crippen LogP) is 1.81. The van der Waals surface area contributed by atoms with Gasteiger partial charge in [-0.1, -0.05) is 0 Å². The smallest absolute Gasteiger partial charge is 0.425 e. The van der Waals surface area contributed by atoms with Crippen LogP contribution in [0.25, 0.3) is 0 Å². The number of halogens is 3. The minimum Gasteiger partial charge on any atom is -0.464 e. The summed E-state index contributed by atoms with van der Waals surface area (Å²) in [6, 6.07) is 0. The third-order valence-corrected chi connectivity index (χ3v) is 1.30. The van der Waals surface area contributed by atoms with Crippen LogP contribution >= 0.6 is 0 Å². The lowest BCUT2D eigenvalue weighted by Gasteiger charge is -2.16. The maximum Gasteiger partial charge on any atom is 0.425 e. The second-order valence-electron chi connectivity index (χ2n) is 2.35. The van der Waals surface area contributed by atoms with E-state index < -0.39 is 12.3 Å². The predicted molar refractivity (Wildman–Crippen MR) is 38.2 cm³/mol. The zero-order valence-corrected chi connectivity index (χ0v) is 6.75. The third kappa shape index (κ3) is 2.89. The summed E-state index contributed by atoms with van der Waals surface area (Å²) in [7, 11) is 0. The number of aromatic nitrogens is 2. The minimum atomic E-state index is -4.38. The van der Waals surface area contributed by atoms with Crippen molar-refractivity contribution < 1.29 is 17.9 Å². The van der Waals surface area contributed by atoms with Crippen LogP contribution in [0.4, 0.5) is 13.2 Å². The van der Waals surface area contributed by atoms with Gasteiger partial charge in [-0.15, -0.1) is 0 Å². The van der Waals surface area contributed by atoms with Gasteiger partial charge in [-0.2, -0.15) is 13.2 Å². The molecule has 3 nitrogen and oxygen atoms in total. The first-order valence-electron chi connectivity index (χ1n) is 3.49. The number of hydrogen-bond acceptors (Lipinski definition) is 3. The van der Waals surface area contributed by atoms with E-state index >= 15 is 0 Å². The molecule has 0 radical (unpaired) electrons. The normalized spacial score (nSPS) is 13.8. The Balaban J connectivity index is 2.61. The maximum atomic E-state index is 12.0. The van der Waals surface area contributed by atoms with Gasteiger partial charge in [0, 0.05) is 12.4 Å². The van der Waals surface area contributed by atoms with Crippen molar-refractivity contribution >= 4 is 0 Å². The number of alkyl halides is 3. The molecule has 0 spiro atoms. The van der Waals surface area contributed by atoms with Gasteiger partial charge in [-0.3, -0.25) is 4.98 Å². The molecule has 1 aromatic heterocycles. The Bertz CT molecular complexity index is 262. The van der Waals surface area contributed by atoms with Crippen LogP contribution in [0.15, 0.2) is 18.6 Å². The van der Waals surface area contributed by atoms with E-state index in [4.69, 9.17) is 0 Å². The molecule has 0 amide bonds. The Hall–Kier alpha value is -1.33. The molecule has 0 fully saturated rings. The molecule has 13 heavy (non-hydrogen) atoms. The van der Waals surface area contributed by atoms with Gasteiger partial charge >= 0.3 is 6.18 Å². The van der Waals surface area contributed by atoms with Crippen molar-refractivity contribution in [2.75, 3.05) is 0 Å². The zero-order chi connectivity index (χ0) is 9.90. The van der Waals surface area contributed by atoms with Crippen LogP contribution in [0.3, 0.4) is 0 Å². The highest BCUT2D eigenvalue weighted by Crippen LogP contribution is 2.23. The molecule has 0 aliphatic heterocycles. The van der Waals surface area contributed by atoms with E-state index in [1.165, 1.54) is 12.4 Å². The van der Waals surface area contributed by atoms with Crippen LogP contribution < -0.4 is 4.74 Å². The summed E-state index contributed by atoms with van der Waals surface area (Å²) in [5.41, 5.74) is 0. The molecule has 1 rings (SSSR count). The van der Waals surface area contributed by atoms with Gasteiger partial charge in [-0.05, 0) is 6.92 Å². The molecule has 0 saturated carbocycles. The molecule has 72 valence electrons. The van der Waals surface area contributed by atoms with Crippen molar-refractivity contribution in [1.29, 1.82) is 0 Å². The number of nitrogens with zero attached hydrogens (tertiary/aromatic N) is 2. The molecular formula is C7H7F3N2O. The van der Waals surface area contributed by atoms with Gasteiger partial charge in [0.25, 0.3) is 0 Å². The van der Waals surface area contributed by atoms with Crippen LogP contribution in [0.5, 0.6) is 5.88 Å². The molecule has 0 saturated heterocycles. The quantitative estimate of drug-likeness (QED) is 0.716. The summed E-state index contributed by atoms with van der Waals surface area (Å²) in [5, 5.41) is 0. The lowest BCUT2D eigenvalue weighted by Crippen LogP contribution is -2.31. The van der Waals surface area contributed by atoms with Crippen molar-refractivity contribution in [1.82, 2.24) is 9.97 Å².